The molecule has 0 saturated carbocycles. The summed E-state index contributed by atoms with van der Waals surface area (Å²) in [5.41, 5.74) is 2.51. The smallest absolute Gasteiger partial charge is 0.238 e. The molecule has 2 aliphatic rings. The van der Waals surface area contributed by atoms with Gasteiger partial charge in [-0.3, -0.25) is 9.69 Å². The maximum Gasteiger partial charge on any atom is 0.238 e. The summed E-state index contributed by atoms with van der Waals surface area (Å²) in [6, 6.07) is 8.94. The lowest BCUT2D eigenvalue weighted by Gasteiger charge is -2.26. The van der Waals surface area contributed by atoms with E-state index in [0.29, 0.717) is 29.4 Å². The number of anilines is 1. The number of hydrogen-bond donors (Lipinski definition) is 1. The molecule has 2 aromatic rings. The largest absolute Gasteiger partial charge is 0.476 e. The van der Waals surface area contributed by atoms with E-state index in [0.717, 1.165) is 38.4 Å². The van der Waals surface area contributed by atoms with Gasteiger partial charge in [0.05, 0.1) is 30.5 Å². The van der Waals surface area contributed by atoms with E-state index in [4.69, 9.17) is 14.7 Å². The summed E-state index contributed by atoms with van der Waals surface area (Å²) < 4.78 is 11.1. The molecule has 1 saturated heterocycles. The van der Waals surface area contributed by atoms with Gasteiger partial charge >= 0.3 is 0 Å². The highest BCUT2D eigenvalue weighted by Crippen LogP contribution is 2.37. The van der Waals surface area contributed by atoms with Crippen LogP contribution >= 0.6 is 0 Å². The van der Waals surface area contributed by atoms with Gasteiger partial charge in [0, 0.05) is 31.4 Å². The summed E-state index contributed by atoms with van der Waals surface area (Å²) in [5, 5.41) is 12.0. The van der Waals surface area contributed by atoms with Crippen LogP contribution in [0.25, 0.3) is 0 Å². The first-order valence-electron chi connectivity index (χ1n) is 8.84. The Balaban J connectivity index is 1.48. The summed E-state index contributed by atoms with van der Waals surface area (Å²) in [5.74, 6) is -0.304. The van der Waals surface area contributed by atoms with Crippen LogP contribution in [0.3, 0.4) is 0 Å². The number of nitrogens with zero attached hydrogens (tertiary/aromatic N) is 4. The summed E-state index contributed by atoms with van der Waals surface area (Å²) >= 11 is 0. The van der Waals surface area contributed by atoms with Crippen molar-refractivity contribution in [3.05, 3.63) is 47.4 Å². The van der Waals surface area contributed by atoms with Crippen LogP contribution in [-0.4, -0.2) is 60.2 Å². The number of hydrogen-bond acceptors (Lipinski definition) is 7. The molecule has 1 aromatic heterocycles. The minimum atomic E-state index is -0.571. The van der Waals surface area contributed by atoms with Crippen molar-refractivity contribution < 1.29 is 14.3 Å². The zero-order valence-corrected chi connectivity index (χ0v) is 14.7. The van der Waals surface area contributed by atoms with Crippen molar-refractivity contribution in [3.63, 3.8) is 0 Å². The molecular formula is C19H19N5O3. The first-order chi connectivity index (χ1) is 13.2. The number of rotatable bonds is 5. The number of carbonyl (C=O) groups is 1. The third kappa shape index (κ3) is 3.74. The fourth-order valence-electron chi connectivity index (χ4n) is 3.32. The van der Waals surface area contributed by atoms with Crippen LogP contribution in [0.4, 0.5) is 5.69 Å². The molecule has 0 bridgehead atoms. The van der Waals surface area contributed by atoms with Gasteiger partial charge in [-0.15, -0.1) is 0 Å². The quantitative estimate of drug-likeness (QED) is 0.848. The molecule has 1 N–H and O–H groups in total. The summed E-state index contributed by atoms with van der Waals surface area (Å²) in [6.07, 6.45) is 1.40. The van der Waals surface area contributed by atoms with Crippen LogP contribution in [0.2, 0.25) is 0 Å². The Kier molecular flexibility index (Phi) is 4.96. The third-order valence-electron chi connectivity index (χ3n) is 4.73. The molecule has 3 heterocycles. The van der Waals surface area contributed by atoms with E-state index in [-0.39, 0.29) is 5.91 Å². The van der Waals surface area contributed by atoms with E-state index in [1.54, 1.807) is 24.3 Å². The first-order valence-corrected chi connectivity index (χ1v) is 8.84. The molecule has 0 radical (unpaired) electrons. The number of aromatic nitrogens is 2. The summed E-state index contributed by atoms with van der Waals surface area (Å²) in [7, 11) is 0. The van der Waals surface area contributed by atoms with Crippen molar-refractivity contribution in [2.75, 3.05) is 44.8 Å². The molecular weight excluding hydrogens is 346 g/mol. The fourth-order valence-corrected chi connectivity index (χ4v) is 3.32. The Hall–Kier alpha value is -3.02. The summed E-state index contributed by atoms with van der Waals surface area (Å²) in [6.45, 7) is 4.60. The van der Waals surface area contributed by atoms with E-state index >= 15 is 0 Å². The highest BCUT2D eigenvalue weighted by molar-refractivity contribution is 6.04. The van der Waals surface area contributed by atoms with Crippen LogP contribution in [0.1, 0.15) is 22.7 Å². The monoisotopic (exact) mass is 365 g/mol. The van der Waals surface area contributed by atoms with Gasteiger partial charge in [0.15, 0.2) is 0 Å². The predicted octanol–water partition coefficient (Wildman–Crippen LogP) is 1.14. The number of fused-ring (bicyclic) bond motifs is 1. The average molecular weight is 365 g/mol. The van der Waals surface area contributed by atoms with Crippen LogP contribution in [0, 0.1) is 11.3 Å². The second kappa shape index (κ2) is 7.70. The Morgan fingerprint density at radius 1 is 1.30 bits per heavy atom. The average Bonchev–Trinajstić information content (AvgIpc) is 3.04. The molecule has 1 aromatic carbocycles. The second-order valence-corrected chi connectivity index (χ2v) is 6.42. The van der Waals surface area contributed by atoms with E-state index in [2.05, 4.69) is 26.3 Å². The van der Waals surface area contributed by atoms with Crippen LogP contribution in [0.5, 0.6) is 5.88 Å². The molecule has 0 spiro atoms. The molecule has 2 aliphatic heterocycles. The molecule has 138 valence electrons. The van der Waals surface area contributed by atoms with E-state index in [1.807, 2.05) is 0 Å². The Bertz CT molecular complexity index is 889. The lowest BCUT2D eigenvalue weighted by atomic mass is 9.95. The standard InChI is InChI=1S/C19H19N5O3/c20-11-13-1-2-15-14(9-13)18(19(25)23-15)16-10-17(22-12-21-16)27-8-5-24-3-6-26-7-4-24/h1-2,9-10,12,18H,3-8H2,(H,23,25). The Morgan fingerprint density at radius 3 is 2.96 bits per heavy atom. The number of ether oxygens (including phenoxy) is 2. The number of amides is 1. The van der Waals surface area contributed by atoms with E-state index < -0.39 is 5.92 Å². The maximum absolute atomic E-state index is 12.4. The van der Waals surface area contributed by atoms with Gasteiger partial charge in [-0.1, -0.05) is 0 Å². The van der Waals surface area contributed by atoms with Crippen molar-refractivity contribution in [3.8, 4) is 11.9 Å². The van der Waals surface area contributed by atoms with Gasteiger partial charge in [0.2, 0.25) is 11.8 Å². The molecule has 1 atom stereocenters. The van der Waals surface area contributed by atoms with Crippen molar-refractivity contribution >= 4 is 11.6 Å². The lowest BCUT2D eigenvalue weighted by Crippen LogP contribution is -2.38. The van der Waals surface area contributed by atoms with Crippen LogP contribution in [-0.2, 0) is 9.53 Å². The van der Waals surface area contributed by atoms with E-state index in [1.165, 1.54) is 6.33 Å². The topological polar surface area (TPSA) is 100 Å². The number of benzene rings is 1. The van der Waals surface area contributed by atoms with Gasteiger partial charge < -0.3 is 14.8 Å². The Morgan fingerprint density at radius 2 is 2.15 bits per heavy atom. The molecule has 8 nitrogen and oxygen atoms in total. The SMILES string of the molecule is N#Cc1ccc2c(c1)C(c1cc(OCCN3CCOCC3)ncn1)C(=O)N2. The van der Waals surface area contributed by atoms with Crippen molar-refractivity contribution in [2.45, 2.75) is 5.92 Å². The van der Waals surface area contributed by atoms with Crippen molar-refractivity contribution in [1.29, 1.82) is 5.26 Å². The van der Waals surface area contributed by atoms with Gasteiger partial charge in [-0.05, 0) is 23.8 Å². The number of morpholine rings is 1. The molecule has 27 heavy (non-hydrogen) atoms. The zero-order valence-electron chi connectivity index (χ0n) is 14.7. The maximum atomic E-state index is 12.4. The molecule has 8 heteroatoms. The van der Waals surface area contributed by atoms with Crippen molar-refractivity contribution in [1.82, 2.24) is 14.9 Å². The highest BCUT2D eigenvalue weighted by atomic mass is 16.5. The number of nitrogens with one attached hydrogen (secondary N) is 1. The normalized spacial score (nSPS) is 19.2. The fraction of sp³-hybridized carbons (Fsp3) is 0.368. The van der Waals surface area contributed by atoms with Gasteiger partial charge in [-0.2, -0.15) is 5.26 Å². The minimum absolute atomic E-state index is 0.168. The molecule has 4 rings (SSSR count). The number of nitriles is 1. The molecule has 1 fully saturated rings. The molecule has 1 unspecified atom stereocenters. The van der Waals surface area contributed by atoms with Crippen LogP contribution < -0.4 is 10.1 Å². The zero-order chi connectivity index (χ0) is 18.6. The third-order valence-corrected chi connectivity index (χ3v) is 4.73. The molecule has 1 amide bonds. The van der Waals surface area contributed by atoms with Crippen LogP contribution in [0.15, 0.2) is 30.6 Å². The van der Waals surface area contributed by atoms with Gasteiger partial charge in [0.1, 0.15) is 18.9 Å². The highest BCUT2D eigenvalue weighted by Gasteiger charge is 2.33. The van der Waals surface area contributed by atoms with Gasteiger partial charge in [-0.25, -0.2) is 9.97 Å². The second-order valence-electron chi connectivity index (χ2n) is 6.42. The predicted molar refractivity (Wildman–Crippen MR) is 96.4 cm³/mol. The summed E-state index contributed by atoms with van der Waals surface area (Å²) in [4.78, 5) is 23.1. The minimum Gasteiger partial charge on any atom is -0.476 e. The first kappa shape index (κ1) is 17.4. The lowest BCUT2D eigenvalue weighted by molar-refractivity contribution is -0.116. The van der Waals surface area contributed by atoms with Crippen molar-refractivity contribution in [2.24, 2.45) is 0 Å². The number of carbonyl (C=O) groups excluding carboxylic acids is 1. The molecule has 0 aliphatic carbocycles. The van der Waals surface area contributed by atoms with E-state index in [9.17, 15) is 4.79 Å². The Labute approximate surface area is 156 Å². The van der Waals surface area contributed by atoms with Gasteiger partial charge in [0.25, 0.3) is 0 Å².